The molecule has 0 heterocycles. The smallest absolute Gasteiger partial charge is 0.354 e. The molecule has 0 aromatic rings. The Labute approximate surface area is 107 Å². The predicted molar refractivity (Wildman–Crippen MR) is 69.3 cm³/mol. The van der Waals surface area contributed by atoms with E-state index in [1.54, 1.807) is 6.92 Å². The Balaban J connectivity index is 2.93. The number of hydrogen-bond donors (Lipinski definition) is 1. The van der Waals surface area contributed by atoms with E-state index in [4.69, 9.17) is 10.5 Å². The molecular weight excluding hydrogens is 232 g/mol. The fourth-order valence-corrected chi connectivity index (χ4v) is 1.89. The van der Waals surface area contributed by atoms with Crippen molar-refractivity contribution in [1.82, 2.24) is 0 Å². The number of ketones is 1. The molecule has 0 aromatic carbocycles. The number of rotatable bonds is 4. The Kier molecular flexibility index (Phi) is 5.55. The second kappa shape index (κ2) is 6.93. The van der Waals surface area contributed by atoms with Gasteiger partial charge in [0.2, 0.25) is 0 Å². The molecule has 0 spiro atoms. The van der Waals surface area contributed by atoms with E-state index in [2.05, 4.69) is 4.99 Å². The third kappa shape index (κ3) is 3.98. The number of carbonyl (C=O) groups is 2. The Morgan fingerprint density at radius 2 is 2.00 bits per heavy atom. The number of allylic oxidation sites excluding steroid dienone is 1. The van der Waals surface area contributed by atoms with Crippen LogP contribution in [0.1, 0.15) is 39.5 Å². The summed E-state index contributed by atoms with van der Waals surface area (Å²) in [4.78, 5) is 26.8. The van der Waals surface area contributed by atoms with E-state index in [0.29, 0.717) is 6.61 Å². The standard InChI is InChI=1S/C13H20N2O3/c1-3-18-13(17)12(14)10-6-4-5-7-11(10)15-8-9(2)16/h3-8,14H2,1-2H3/b12-10-,15-11?. The lowest BCUT2D eigenvalue weighted by molar-refractivity contribution is -0.138. The van der Waals surface area contributed by atoms with E-state index in [1.165, 1.54) is 6.92 Å². The molecule has 1 rings (SSSR count). The van der Waals surface area contributed by atoms with Crippen molar-refractivity contribution >= 4 is 17.5 Å². The van der Waals surface area contributed by atoms with Gasteiger partial charge in [0.15, 0.2) is 5.78 Å². The van der Waals surface area contributed by atoms with Gasteiger partial charge in [-0.15, -0.1) is 0 Å². The second-order valence-electron chi connectivity index (χ2n) is 4.28. The van der Waals surface area contributed by atoms with Crippen LogP contribution in [0.15, 0.2) is 16.3 Å². The highest BCUT2D eigenvalue weighted by atomic mass is 16.5. The van der Waals surface area contributed by atoms with Crippen LogP contribution >= 0.6 is 0 Å². The van der Waals surface area contributed by atoms with E-state index >= 15 is 0 Å². The topological polar surface area (TPSA) is 81.8 Å². The van der Waals surface area contributed by atoms with Gasteiger partial charge in [0.25, 0.3) is 0 Å². The summed E-state index contributed by atoms with van der Waals surface area (Å²) in [5, 5.41) is 0. The average molecular weight is 252 g/mol. The second-order valence-corrected chi connectivity index (χ2v) is 4.28. The zero-order valence-corrected chi connectivity index (χ0v) is 11.0. The Hall–Kier alpha value is -1.65. The maximum Gasteiger partial charge on any atom is 0.354 e. The van der Waals surface area contributed by atoms with Crippen LogP contribution in [-0.4, -0.2) is 30.6 Å². The molecule has 0 saturated heterocycles. The quantitative estimate of drug-likeness (QED) is 0.605. The zero-order chi connectivity index (χ0) is 13.5. The first-order valence-electron chi connectivity index (χ1n) is 6.25. The van der Waals surface area contributed by atoms with E-state index in [1.807, 2.05) is 0 Å². The number of nitrogens with zero attached hydrogens (tertiary/aromatic N) is 1. The fraction of sp³-hybridized carbons (Fsp3) is 0.615. The van der Waals surface area contributed by atoms with Gasteiger partial charge < -0.3 is 10.5 Å². The Morgan fingerprint density at radius 3 is 2.61 bits per heavy atom. The molecular formula is C13H20N2O3. The minimum absolute atomic E-state index is 0.00197. The van der Waals surface area contributed by atoms with Crippen molar-refractivity contribution in [2.75, 3.05) is 13.2 Å². The van der Waals surface area contributed by atoms with E-state index in [9.17, 15) is 9.59 Å². The highest BCUT2D eigenvalue weighted by Gasteiger charge is 2.20. The Bertz CT molecular complexity index is 397. The van der Waals surface area contributed by atoms with Gasteiger partial charge in [-0.25, -0.2) is 4.79 Å². The lowest BCUT2D eigenvalue weighted by Gasteiger charge is -2.18. The number of esters is 1. The summed E-state index contributed by atoms with van der Waals surface area (Å²) < 4.78 is 4.89. The summed E-state index contributed by atoms with van der Waals surface area (Å²) >= 11 is 0. The molecule has 5 nitrogen and oxygen atoms in total. The highest BCUT2D eigenvalue weighted by Crippen LogP contribution is 2.23. The fourth-order valence-electron chi connectivity index (χ4n) is 1.89. The van der Waals surface area contributed by atoms with Crippen molar-refractivity contribution < 1.29 is 14.3 Å². The van der Waals surface area contributed by atoms with E-state index < -0.39 is 5.97 Å². The number of carbonyl (C=O) groups excluding carboxylic acids is 2. The van der Waals surface area contributed by atoms with Crippen molar-refractivity contribution in [1.29, 1.82) is 0 Å². The summed E-state index contributed by atoms with van der Waals surface area (Å²) in [5.41, 5.74) is 7.48. The lowest BCUT2D eigenvalue weighted by atomic mass is 9.91. The van der Waals surface area contributed by atoms with Crippen LogP contribution in [0.3, 0.4) is 0 Å². The van der Waals surface area contributed by atoms with Crippen LogP contribution in [0, 0.1) is 0 Å². The zero-order valence-electron chi connectivity index (χ0n) is 11.0. The van der Waals surface area contributed by atoms with Crippen LogP contribution in [0.4, 0.5) is 0 Å². The molecule has 1 saturated carbocycles. The summed E-state index contributed by atoms with van der Waals surface area (Å²) in [7, 11) is 0. The number of Topliss-reactive ketones (excluding diaryl/α,β-unsaturated/α-hetero) is 1. The minimum Gasteiger partial charge on any atom is -0.461 e. The van der Waals surface area contributed by atoms with Gasteiger partial charge in [-0.2, -0.15) is 0 Å². The monoisotopic (exact) mass is 252 g/mol. The molecule has 0 aliphatic heterocycles. The first kappa shape index (κ1) is 14.4. The maximum atomic E-state index is 11.6. The first-order chi connectivity index (χ1) is 8.56. The largest absolute Gasteiger partial charge is 0.461 e. The van der Waals surface area contributed by atoms with Crippen molar-refractivity contribution in [2.24, 2.45) is 10.7 Å². The average Bonchev–Trinajstić information content (AvgIpc) is 2.36. The van der Waals surface area contributed by atoms with E-state index in [-0.39, 0.29) is 18.0 Å². The molecule has 0 unspecified atom stereocenters. The third-order valence-corrected chi connectivity index (χ3v) is 2.75. The first-order valence-corrected chi connectivity index (χ1v) is 6.25. The summed E-state index contributed by atoms with van der Waals surface area (Å²) in [6.07, 6.45) is 3.48. The van der Waals surface area contributed by atoms with Gasteiger partial charge >= 0.3 is 5.97 Å². The summed E-state index contributed by atoms with van der Waals surface area (Å²) in [6, 6.07) is 0. The maximum absolute atomic E-state index is 11.6. The molecule has 1 aliphatic rings. The van der Waals surface area contributed by atoms with Crippen molar-refractivity contribution in [2.45, 2.75) is 39.5 Å². The molecule has 5 heteroatoms. The van der Waals surface area contributed by atoms with Gasteiger partial charge in [-0.1, -0.05) is 0 Å². The van der Waals surface area contributed by atoms with Crippen molar-refractivity contribution in [3.63, 3.8) is 0 Å². The minimum atomic E-state index is -0.495. The van der Waals surface area contributed by atoms with Crippen LogP contribution in [0.2, 0.25) is 0 Å². The van der Waals surface area contributed by atoms with Crippen LogP contribution in [-0.2, 0) is 14.3 Å². The number of ether oxygens (including phenoxy) is 1. The van der Waals surface area contributed by atoms with Crippen LogP contribution in [0.5, 0.6) is 0 Å². The molecule has 18 heavy (non-hydrogen) atoms. The highest BCUT2D eigenvalue weighted by molar-refractivity contribution is 6.07. The summed E-state index contributed by atoms with van der Waals surface area (Å²) in [5.74, 6) is -0.493. The van der Waals surface area contributed by atoms with Crippen LogP contribution < -0.4 is 5.73 Å². The van der Waals surface area contributed by atoms with Gasteiger partial charge in [0.05, 0.1) is 13.2 Å². The SMILES string of the molecule is CCOC(=O)/C(N)=C1\CCCCC1=NCC(C)=O. The van der Waals surface area contributed by atoms with Crippen LogP contribution in [0.25, 0.3) is 0 Å². The van der Waals surface area contributed by atoms with Gasteiger partial charge in [0.1, 0.15) is 5.70 Å². The Morgan fingerprint density at radius 1 is 1.33 bits per heavy atom. The molecule has 0 bridgehead atoms. The molecule has 2 N–H and O–H groups in total. The van der Waals surface area contributed by atoms with Crippen molar-refractivity contribution in [3.05, 3.63) is 11.3 Å². The molecule has 0 amide bonds. The van der Waals surface area contributed by atoms with Crippen molar-refractivity contribution in [3.8, 4) is 0 Å². The van der Waals surface area contributed by atoms with Gasteiger partial charge in [0, 0.05) is 11.3 Å². The lowest BCUT2D eigenvalue weighted by Crippen LogP contribution is -2.23. The molecule has 1 aliphatic carbocycles. The van der Waals surface area contributed by atoms with E-state index in [0.717, 1.165) is 37.0 Å². The number of nitrogens with two attached hydrogens (primary N) is 1. The normalized spacial score (nSPS) is 20.7. The number of aliphatic imine (C=N–C) groups is 1. The number of hydrogen-bond acceptors (Lipinski definition) is 5. The molecule has 0 atom stereocenters. The molecule has 0 radical (unpaired) electrons. The molecule has 0 aromatic heterocycles. The van der Waals surface area contributed by atoms with Gasteiger partial charge in [-0.05, 0) is 39.5 Å². The van der Waals surface area contributed by atoms with Gasteiger partial charge in [-0.3, -0.25) is 9.79 Å². The molecule has 100 valence electrons. The third-order valence-electron chi connectivity index (χ3n) is 2.75. The molecule has 1 fully saturated rings. The predicted octanol–water partition coefficient (Wildman–Crippen LogP) is 1.37. The summed E-state index contributed by atoms with van der Waals surface area (Å²) in [6.45, 7) is 3.67.